The summed E-state index contributed by atoms with van der Waals surface area (Å²) in [5.74, 6) is 3.26. The highest BCUT2D eigenvalue weighted by Gasteiger charge is 2.37. The van der Waals surface area contributed by atoms with E-state index in [1.165, 1.54) is 16.2 Å². The van der Waals surface area contributed by atoms with Crippen molar-refractivity contribution in [2.24, 2.45) is 0 Å². The molecule has 0 saturated heterocycles. The van der Waals surface area contributed by atoms with Crippen LogP contribution in [0.2, 0.25) is 0 Å². The predicted molar refractivity (Wildman–Crippen MR) is 210 cm³/mol. The number of aromatic nitrogens is 2. The number of fused-ring (bicyclic) bond motifs is 6. The molecule has 7 aromatic carbocycles. The second kappa shape index (κ2) is 14.6. The smallest absolute Gasteiger partial charge is 0.143 e. The van der Waals surface area contributed by atoms with Gasteiger partial charge < -0.3 is 23.9 Å². The van der Waals surface area contributed by atoms with Crippen molar-refractivity contribution in [3.05, 3.63) is 168 Å². The molecule has 8 aromatic rings. The molecule has 0 amide bonds. The normalized spacial score (nSPS) is 11.7. The van der Waals surface area contributed by atoms with Crippen LogP contribution in [-0.4, -0.2) is 37.4 Å². The summed E-state index contributed by atoms with van der Waals surface area (Å²) in [5, 5.41) is 4.76. The van der Waals surface area contributed by atoms with Crippen LogP contribution in [0.15, 0.2) is 152 Å². The number of rotatable bonds is 13. The van der Waals surface area contributed by atoms with Gasteiger partial charge in [0.2, 0.25) is 0 Å². The third kappa shape index (κ3) is 6.22. The fraction of sp³-hybridized carbons (Fsp3) is 0.152. The Morgan fingerprint density at radius 3 is 1.62 bits per heavy atom. The highest BCUT2D eigenvalue weighted by molar-refractivity contribution is 6.23. The predicted octanol–water partition coefficient (Wildman–Crippen LogP) is 10.7. The molecule has 0 unspecified atom stereocenters. The fourth-order valence-corrected chi connectivity index (χ4v) is 7.16. The Kier molecular flexibility index (Phi) is 9.30. The van der Waals surface area contributed by atoms with Crippen molar-refractivity contribution < 1.29 is 18.9 Å². The molecule has 258 valence electrons. The lowest BCUT2D eigenvalue weighted by Gasteiger charge is -2.36. The van der Waals surface area contributed by atoms with E-state index in [1.54, 1.807) is 14.2 Å². The molecule has 0 fully saturated rings. The molecule has 0 saturated carbocycles. The Balaban J connectivity index is 0.963. The van der Waals surface area contributed by atoms with E-state index >= 15 is 0 Å². The van der Waals surface area contributed by atoms with E-state index in [2.05, 4.69) is 114 Å². The number of unbranched alkanes of at least 4 members (excludes halogenated alkanes) is 1. The van der Waals surface area contributed by atoms with E-state index in [4.69, 9.17) is 23.9 Å². The van der Waals surface area contributed by atoms with Crippen LogP contribution >= 0.6 is 0 Å². The molecule has 0 aliphatic carbocycles. The monoisotopic (exact) mass is 684 g/mol. The quantitative estimate of drug-likeness (QED) is 0.0744. The zero-order valence-corrected chi connectivity index (χ0v) is 29.3. The minimum atomic E-state index is -0.828. The summed E-state index contributed by atoms with van der Waals surface area (Å²) in [4.78, 5) is 8.68. The lowest BCUT2D eigenvalue weighted by Crippen LogP contribution is -2.33. The molecule has 0 atom stereocenters. The molecular formula is C46H40N2O4. The van der Waals surface area contributed by atoms with Crippen molar-refractivity contribution in [1.29, 1.82) is 0 Å². The summed E-state index contributed by atoms with van der Waals surface area (Å²) >= 11 is 0. The number of H-pyrrole nitrogens is 1. The van der Waals surface area contributed by atoms with Crippen LogP contribution in [0.4, 0.5) is 0 Å². The number of methoxy groups -OCH3 is 2. The van der Waals surface area contributed by atoms with Gasteiger partial charge >= 0.3 is 0 Å². The molecule has 6 nitrogen and oxygen atoms in total. The van der Waals surface area contributed by atoms with Crippen LogP contribution in [0.3, 0.4) is 0 Å². The van der Waals surface area contributed by atoms with Gasteiger partial charge in [0.1, 0.15) is 28.7 Å². The summed E-state index contributed by atoms with van der Waals surface area (Å²) in [6.07, 6.45) is 1.65. The van der Waals surface area contributed by atoms with E-state index in [1.807, 2.05) is 42.5 Å². The third-order valence-electron chi connectivity index (χ3n) is 9.80. The van der Waals surface area contributed by atoms with Crippen molar-refractivity contribution >= 4 is 32.6 Å². The largest absolute Gasteiger partial charge is 0.497 e. The van der Waals surface area contributed by atoms with E-state index in [-0.39, 0.29) is 0 Å². The average Bonchev–Trinajstić information content (AvgIpc) is 3.68. The van der Waals surface area contributed by atoms with Gasteiger partial charge in [0.05, 0.1) is 31.9 Å². The van der Waals surface area contributed by atoms with Crippen molar-refractivity contribution in [2.45, 2.75) is 18.4 Å². The number of imidazole rings is 1. The molecule has 0 spiro atoms. The minimum Gasteiger partial charge on any atom is -0.497 e. The van der Waals surface area contributed by atoms with Gasteiger partial charge in [0.15, 0.2) is 0 Å². The average molecular weight is 685 g/mol. The molecule has 52 heavy (non-hydrogen) atoms. The van der Waals surface area contributed by atoms with E-state index < -0.39 is 5.60 Å². The SMILES string of the molecule is COc1ccc(C(OCCCCOc2ccc(-c3nc4c5ccccc5c5ccccc5c4[nH]3)cc2)(c2ccccc2)c2ccc(OC)cc2)cc1. The van der Waals surface area contributed by atoms with Crippen LogP contribution in [0.25, 0.3) is 44.0 Å². The summed E-state index contributed by atoms with van der Waals surface area (Å²) in [7, 11) is 3.36. The molecule has 0 radical (unpaired) electrons. The van der Waals surface area contributed by atoms with Crippen molar-refractivity contribution in [3.8, 4) is 28.6 Å². The second-order valence-corrected chi connectivity index (χ2v) is 12.8. The number of hydrogen-bond acceptors (Lipinski definition) is 5. The summed E-state index contributed by atoms with van der Waals surface area (Å²) in [6.45, 7) is 1.11. The number of ether oxygens (including phenoxy) is 4. The molecule has 0 aliphatic rings. The standard InChI is InChI=1S/C46H40N2O4/c1-49-36-26-20-34(21-27-36)46(33-12-4-3-5-13-33,35-22-28-37(50-2)29-23-35)52-31-11-10-30-51-38-24-18-32(19-25-38)45-47-43-41-16-8-6-14-39(41)40-15-7-9-17-42(40)44(43)48-45/h3-9,12-29H,10-11,30-31H2,1-2H3,(H,47,48). The van der Waals surface area contributed by atoms with E-state index in [9.17, 15) is 0 Å². The Bertz CT molecular complexity index is 2300. The first-order valence-electron chi connectivity index (χ1n) is 17.7. The summed E-state index contributed by atoms with van der Waals surface area (Å²) < 4.78 is 24.1. The Morgan fingerprint density at radius 1 is 0.500 bits per heavy atom. The molecule has 1 aromatic heterocycles. The molecule has 0 bridgehead atoms. The molecule has 1 N–H and O–H groups in total. The van der Waals surface area contributed by atoms with Crippen LogP contribution in [-0.2, 0) is 10.3 Å². The van der Waals surface area contributed by atoms with Gasteiger partial charge in [0, 0.05) is 22.9 Å². The van der Waals surface area contributed by atoms with Crippen molar-refractivity contribution in [1.82, 2.24) is 9.97 Å². The zero-order valence-electron chi connectivity index (χ0n) is 29.3. The van der Waals surface area contributed by atoms with Gasteiger partial charge in [-0.25, -0.2) is 4.98 Å². The van der Waals surface area contributed by atoms with Crippen molar-refractivity contribution in [2.75, 3.05) is 27.4 Å². The van der Waals surface area contributed by atoms with Gasteiger partial charge in [-0.3, -0.25) is 0 Å². The Morgan fingerprint density at radius 2 is 1.00 bits per heavy atom. The van der Waals surface area contributed by atoms with Crippen LogP contribution < -0.4 is 14.2 Å². The van der Waals surface area contributed by atoms with Crippen LogP contribution in [0.5, 0.6) is 17.2 Å². The molecule has 0 aliphatic heterocycles. The Hall–Kier alpha value is -6.11. The highest BCUT2D eigenvalue weighted by atomic mass is 16.5. The number of nitrogens with zero attached hydrogens (tertiary/aromatic N) is 1. The van der Waals surface area contributed by atoms with Gasteiger partial charge in [-0.2, -0.15) is 0 Å². The topological polar surface area (TPSA) is 65.6 Å². The molecule has 8 rings (SSSR count). The lowest BCUT2D eigenvalue weighted by molar-refractivity contribution is 0.00963. The van der Waals surface area contributed by atoms with Gasteiger partial charge in [-0.1, -0.05) is 103 Å². The maximum absolute atomic E-state index is 6.98. The summed E-state index contributed by atoms with van der Waals surface area (Å²) in [5.41, 5.74) is 5.32. The molecular weight excluding hydrogens is 645 g/mol. The van der Waals surface area contributed by atoms with E-state index in [0.717, 1.165) is 74.6 Å². The van der Waals surface area contributed by atoms with Crippen molar-refractivity contribution in [3.63, 3.8) is 0 Å². The number of nitrogens with one attached hydrogen (secondary N) is 1. The summed E-state index contributed by atoms with van der Waals surface area (Å²) in [6, 6.07) is 51.8. The number of aromatic amines is 1. The molecule has 6 heteroatoms. The van der Waals surface area contributed by atoms with Crippen LogP contribution in [0.1, 0.15) is 29.5 Å². The van der Waals surface area contributed by atoms with Gasteiger partial charge in [-0.15, -0.1) is 0 Å². The van der Waals surface area contributed by atoms with E-state index in [0.29, 0.717) is 13.2 Å². The minimum absolute atomic E-state index is 0.532. The first-order chi connectivity index (χ1) is 25.7. The lowest BCUT2D eigenvalue weighted by atomic mass is 9.80. The van der Waals surface area contributed by atoms with Gasteiger partial charge in [0.25, 0.3) is 0 Å². The maximum atomic E-state index is 6.98. The van der Waals surface area contributed by atoms with Gasteiger partial charge in [-0.05, 0) is 88.8 Å². The number of hydrogen-bond donors (Lipinski definition) is 1. The fourth-order valence-electron chi connectivity index (χ4n) is 7.16. The van der Waals surface area contributed by atoms with Crippen LogP contribution in [0, 0.1) is 0 Å². The first-order valence-corrected chi connectivity index (χ1v) is 17.7. The zero-order chi connectivity index (χ0) is 35.3. The molecule has 1 heterocycles. The Labute approximate surface area is 303 Å². The highest BCUT2D eigenvalue weighted by Crippen LogP contribution is 2.42. The maximum Gasteiger partial charge on any atom is 0.143 e. The number of benzene rings is 7. The second-order valence-electron chi connectivity index (χ2n) is 12.8. The first kappa shape index (κ1) is 33.1. The third-order valence-corrected chi connectivity index (χ3v) is 9.80.